The molecule has 1 aromatic heterocycles. The fourth-order valence-electron chi connectivity index (χ4n) is 1.97. The second-order valence-corrected chi connectivity index (χ2v) is 4.43. The summed E-state index contributed by atoms with van der Waals surface area (Å²) in [5.41, 5.74) is 0.260. The molecule has 1 amide bonds. The standard InChI is InChI=1S/C12H17N3O3.ClH/c16-9-1-2-10(14-6-9)12(18)15-5-8-3-4-13-7-11(8)17;/h1-2,6,8,11,13,16-17H,3-5,7H2,(H,15,18);1H/t8-,11+;/m0./s1. The molecule has 106 valence electrons. The summed E-state index contributed by atoms with van der Waals surface area (Å²) in [6.07, 6.45) is 1.64. The average molecular weight is 288 g/mol. The lowest BCUT2D eigenvalue weighted by Crippen LogP contribution is -2.45. The zero-order valence-corrected chi connectivity index (χ0v) is 11.2. The molecule has 2 heterocycles. The largest absolute Gasteiger partial charge is 0.506 e. The molecule has 2 rings (SSSR count). The van der Waals surface area contributed by atoms with Gasteiger partial charge in [0.05, 0.1) is 12.3 Å². The van der Waals surface area contributed by atoms with E-state index in [1.165, 1.54) is 18.3 Å². The number of carbonyl (C=O) groups excluding carboxylic acids is 1. The van der Waals surface area contributed by atoms with E-state index in [-0.39, 0.29) is 35.7 Å². The Kier molecular flexibility index (Phi) is 6.01. The molecule has 7 heteroatoms. The van der Waals surface area contributed by atoms with Gasteiger partial charge in [0.1, 0.15) is 11.4 Å². The number of amides is 1. The van der Waals surface area contributed by atoms with Gasteiger partial charge < -0.3 is 20.8 Å². The monoisotopic (exact) mass is 287 g/mol. The number of nitrogens with zero attached hydrogens (tertiary/aromatic N) is 1. The van der Waals surface area contributed by atoms with E-state index in [4.69, 9.17) is 5.11 Å². The second kappa shape index (κ2) is 7.28. The van der Waals surface area contributed by atoms with E-state index in [2.05, 4.69) is 15.6 Å². The number of aromatic hydroxyl groups is 1. The molecule has 6 nitrogen and oxygen atoms in total. The summed E-state index contributed by atoms with van der Waals surface area (Å²) in [4.78, 5) is 15.6. The number of rotatable bonds is 3. The van der Waals surface area contributed by atoms with Crippen LogP contribution in [0.25, 0.3) is 0 Å². The maximum absolute atomic E-state index is 11.8. The maximum atomic E-state index is 11.8. The second-order valence-electron chi connectivity index (χ2n) is 4.43. The predicted molar refractivity (Wildman–Crippen MR) is 72.5 cm³/mol. The summed E-state index contributed by atoms with van der Waals surface area (Å²) in [6.45, 7) is 1.86. The molecule has 0 radical (unpaired) electrons. The zero-order chi connectivity index (χ0) is 13.0. The van der Waals surface area contributed by atoms with Crippen LogP contribution in [-0.4, -0.2) is 46.8 Å². The van der Waals surface area contributed by atoms with E-state index in [1.807, 2.05) is 0 Å². The molecule has 4 N–H and O–H groups in total. The Bertz CT molecular complexity index is 413. The van der Waals surface area contributed by atoms with Crippen LogP contribution in [0.15, 0.2) is 18.3 Å². The number of nitrogens with one attached hydrogen (secondary N) is 2. The molecule has 0 unspecified atom stereocenters. The van der Waals surface area contributed by atoms with Gasteiger partial charge in [-0.05, 0) is 25.1 Å². The van der Waals surface area contributed by atoms with Crippen LogP contribution in [-0.2, 0) is 0 Å². The van der Waals surface area contributed by atoms with Crippen LogP contribution < -0.4 is 10.6 Å². The van der Waals surface area contributed by atoms with Gasteiger partial charge in [-0.25, -0.2) is 4.98 Å². The van der Waals surface area contributed by atoms with Gasteiger partial charge in [0.15, 0.2) is 0 Å². The van der Waals surface area contributed by atoms with Gasteiger partial charge in [-0.15, -0.1) is 12.4 Å². The Labute approximate surface area is 117 Å². The van der Waals surface area contributed by atoms with Crippen molar-refractivity contribution in [1.82, 2.24) is 15.6 Å². The van der Waals surface area contributed by atoms with Gasteiger partial charge >= 0.3 is 0 Å². The summed E-state index contributed by atoms with van der Waals surface area (Å²) >= 11 is 0. The third-order valence-electron chi connectivity index (χ3n) is 3.09. The molecule has 1 fully saturated rings. The SMILES string of the molecule is Cl.O=C(NC[C@@H]1CCNC[C@H]1O)c1ccc(O)cn1. The van der Waals surface area contributed by atoms with Crippen molar-refractivity contribution in [2.24, 2.45) is 5.92 Å². The highest BCUT2D eigenvalue weighted by atomic mass is 35.5. The van der Waals surface area contributed by atoms with E-state index < -0.39 is 6.10 Å². The average Bonchev–Trinajstić information content (AvgIpc) is 2.38. The number of aliphatic hydroxyl groups is 1. The minimum absolute atomic E-state index is 0. The predicted octanol–water partition coefficient (Wildman–Crippen LogP) is -0.0908. The maximum Gasteiger partial charge on any atom is 0.269 e. The van der Waals surface area contributed by atoms with Crippen LogP contribution in [0.3, 0.4) is 0 Å². The van der Waals surface area contributed by atoms with Gasteiger partial charge in [0, 0.05) is 19.0 Å². The Morgan fingerprint density at radius 3 is 2.95 bits per heavy atom. The molecule has 19 heavy (non-hydrogen) atoms. The molecule has 0 aliphatic carbocycles. The molecule has 1 saturated heterocycles. The number of halogens is 1. The van der Waals surface area contributed by atoms with Crippen LogP contribution in [0, 0.1) is 5.92 Å². The van der Waals surface area contributed by atoms with Gasteiger partial charge in [-0.1, -0.05) is 0 Å². The van der Waals surface area contributed by atoms with E-state index in [1.54, 1.807) is 0 Å². The molecule has 0 saturated carbocycles. The van der Waals surface area contributed by atoms with Crippen molar-refractivity contribution in [3.05, 3.63) is 24.0 Å². The first kappa shape index (κ1) is 15.7. The first-order chi connectivity index (χ1) is 8.66. The number of hydrogen-bond donors (Lipinski definition) is 4. The van der Waals surface area contributed by atoms with Crippen molar-refractivity contribution in [2.75, 3.05) is 19.6 Å². The summed E-state index contributed by atoms with van der Waals surface area (Å²) in [5.74, 6) is -0.187. The fourth-order valence-corrected chi connectivity index (χ4v) is 1.97. The van der Waals surface area contributed by atoms with E-state index in [0.29, 0.717) is 13.1 Å². The van der Waals surface area contributed by atoms with E-state index in [0.717, 1.165) is 13.0 Å². The fraction of sp³-hybridized carbons (Fsp3) is 0.500. The topological polar surface area (TPSA) is 94.5 Å². The Hall–Kier alpha value is -1.37. The van der Waals surface area contributed by atoms with Crippen LogP contribution >= 0.6 is 12.4 Å². The van der Waals surface area contributed by atoms with Crippen LogP contribution in [0.2, 0.25) is 0 Å². The lowest BCUT2D eigenvalue weighted by atomic mass is 9.95. The highest BCUT2D eigenvalue weighted by Gasteiger charge is 2.23. The number of aromatic nitrogens is 1. The van der Waals surface area contributed by atoms with Crippen molar-refractivity contribution in [3.8, 4) is 5.75 Å². The van der Waals surface area contributed by atoms with Crippen molar-refractivity contribution < 1.29 is 15.0 Å². The molecule has 0 spiro atoms. The van der Waals surface area contributed by atoms with Crippen molar-refractivity contribution in [3.63, 3.8) is 0 Å². The minimum atomic E-state index is -0.424. The normalized spacial score (nSPS) is 22.4. The highest BCUT2D eigenvalue weighted by Crippen LogP contribution is 2.11. The molecular weight excluding hydrogens is 270 g/mol. The van der Waals surface area contributed by atoms with Crippen molar-refractivity contribution in [2.45, 2.75) is 12.5 Å². The van der Waals surface area contributed by atoms with Crippen molar-refractivity contribution in [1.29, 1.82) is 0 Å². The first-order valence-electron chi connectivity index (χ1n) is 5.99. The summed E-state index contributed by atoms with van der Waals surface area (Å²) in [6, 6.07) is 2.88. The smallest absolute Gasteiger partial charge is 0.269 e. The molecule has 0 bridgehead atoms. The Morgan fingerprint density at radius 1 is 1.53 bits per heavy atom. The van der Waals surface area contributed by atoms with Crippen LogP contribution in [0.1, 0.15) is 16.9 Å². The van der Waals surface area contributed by atoms with Gasteiger partial charge in [0.2, 0.25) is 0 Å². The number of carbonyl (C=O) groups is 1. The quantitative estimate of drug-likeness (QED) is 0.623. The number of aliphatic hydroxyl groups excluding tert-OH is 1. The number of pyridine rings is 1. The molecule has 0 aromatic carbocycles. The summed E-state index contributed by atoms with van der Waals surface area (Å²) in [5, 5.41) is 24.6. The van der Waals surface area contributed by atoms with E-state index in [9.17, 15) is 9.90 Å². The third kappa shape index (κ3) is 4.34. The number of hydrogen-bond acceptors (Lipinski definition) is 5. The number of β-amino-alcohol motifs (C(OH)–C–C–N with tert-alkyl or cyclic N) is 1. The molecule has 1 aromatic rings. The van der Waals surface area contributed by atoms with Crippen LogP contribution in [0.5, 0.6) is 5.75 Å². The lowest BCUT2D eigenvalue weighted by Gasteiger charge is -2.28. The highest BCUT2D eigenvalue weighted by molar-refractivity contribution is 5.92. The first-order valence-corrected chi connectivity index (χ1v) is 5.99. The van der Waals surface area contributed by atoms with E-state index >= 15 is 0 Å². The Morgan fingerprint density at radius 2 is 2.32 bits per heavy atom. The summed E-state index contributed by atoms with van der Waals surface area (Å²) in [7, 11) is 0. The third-order valence-corrected chi connectivity index (χ3v) is 3.09. The lowest BCUT2D eigenvalue weighted by molar-refractivity contribution is 0.0751. The van der Waals surface area contributed by atoms with Gasteiger partial charge in [-0.3, -0.25) is 4.79 Å². The zero-order valence-electron chi connectivity index (χ0n) is 10.4. The molecule has 1 aliphatic heterocycles. The molecular formula is C12H18ClN3O3. The number of piperidine rings is 1. The van der Waals surface area contributed by atoms with Crippen LogP contribution in [0.4, 0.5) is 0 Å². The molecule has 2 atom stereocenters. The molecule has 1 aliphatic rings. The summed E-state index contributed by atoms with van der Waals surface area (Å²) < 4.78 is 0. The van der Waals surface area contributed by atoms with Gasteiger partial charge in [0.25, 0.3) is 5.91 Å². The Balaban J connectivity index is 0.00000180. The van der Waals surface area contributed by atoms with Gasteiger partial charge in [-0.2, -0.15) is 0 Å². The minimum Gasteiger partial charge on any atom is -0.506 e. The van der Waals surface area contributed by atoms with Crippen molar-refractivity contribution >= 4 is 18.3 Å².